The third-order valence-corrected chi connectivity index (χ3v) is 2.69. The Morgan fingerprint density at radius 1 is 1.53 bits per heavy atom. The number of nitrogens with two attached hydrogens (primary N) is 1. The van der Waals surface area contributed by atoms with Crippen LogP contribution in [0.15, 0.2) is 17.0 Å². The summed E-state index contributed by atoms with van der Waals surface area (Å²) in [6, 6.07) is 0. The van der Waals surface area contributed by atoms with Gasteiger partial charge in [0.15, 0.2) is 5.82 Å². The monoisotopic (exact) mass is 265 g/mol. The van der Waals surface area contributed by atoms with Gasteiger partial charge in [-0.3, -0.25) is 0 Å². The maximum absolute atomic E-state index is 6.16. The summed E-state index contributed by atoms with van der Waals surface area (Å²) < 4.78 is 12.5. The quantitative estimate of drug-likeness (QED) is 0.869. The van der Waals surface area contributed by atoms with Crippen LogP contribution >= 0.6 is 0 Å². The number of aromatic nitrogens is 4. The van der Waals surface area contributed by atoms with Gasteiger partial charge in [-0.05, 0) is 20.8 Å². The maximum Gasteiger partial charge on any atom is 0.276 e. The second-order valence-electron chi connectivity index (χ2n) is 5.09. The Hall–Kier alpha value is -1.73. The zero-order valence-corrected chi connectivity index (χ0v) is 11.6. The van der Waals surface area contributed by atoms with Crippen molar-refractivity contribution in [2.24, 2.45) is 12.8 Å². The topological polar surface area (TPSA) is 92.0 Å². The van der Waals surface area contributed by atoms with E-state index < -0.39 is 5.54 Å². The SMILES string of the molecule is CC(C)OCC(C)(N)c1noc(-c2cncn2C)n1. The molecule has 0 aliphatic rings. The molecule has 0 fully saturated rings. The lowest BCUT2D eigenvalue weighted by Gasteiger charge is -2.21. The first-order valence-corrected chi connectivity index (χ1v) is 6.11. The molecule has 0 aromatic carbocycles. The Labute approximate surface area is 111 Å². The third-order valence-electron chi connectivity index (χ3n) is 2.69. The molecule has 0 spiro atoms. The van der Waals surface area contributed by atoms with Crippen molar-refractivity contribution in [2.75, 3.05) is 6.61 Å². The lowest BCUT2D eigenvalue weighted by Crippen LogP contribution is -2.40. The van der Waals surface area contributed by atoms with Crippen LogP contribution in [0.4, 0.5) is 0 Å². The predicted molar refractivity (Wildman–Crippen MR) is 69.1 cm³/mol. The number of imidazole rings is 1. The molecule has 0 aliphatic carbocycles. The molecular weight excluding hydrogens is 246 g/mol. The minimum atomic E-state index is -0.787. The van der Waals surface area contributed by atoms with Gasteiger partial charge in [-0.15, -0.1) is 0 Å². The Kier molecular flexibility index (Phi) is 3.68. The van der Waals surface area contributed by atoms with Gasteiger partial charge >= 0.3 is 0 Å². The van der Waals surface area contributed by atoms with E-state index in [0.29, 0.717) is 18.3 Å². The van der Waals surface area contributed by atoms with E-state index in [1.807, 2.05) is 27.8 Å². The third kappa shape index (κ3) is 2.99. The van der Waals surface area contributed by atoms with E-state index in [9.17, 15) is 0 Å². The van der Waals surface area contributed by atoms with Crippen molar-refractivity contribution in [3.63, 3.8) is 0 Å². The number of rotatable bonds is 5. The van der Waals surface area contributed by atoms with Crippen molar-refractivity contribution >= 4 is 0 Å². The summed E-state index contributed by atoms with van der Waals surface area (Å²) in [5.41, 5.74) is 6.12. The fourth-order valence-electron chi connectivity index (χ4n) is 1.53. The summed E-state index contributed by atoms with van der Waals surface area (Å²) in [6.07, 6.45) is 3.43. The molecule has 19 heavy (non-hydrogen) atoms. The average Bonchev–Trinajstić information content (AvgIpc) is 2.94. The molecule has 1 atom stereocenters. The van der Waals surface area contributed by atoms with E-state index in [2.05, 4.69) is 15.1 Å². The van der Waals surface area contributed by atoms with Gasteiger partial charge in [-0.25, -0.2) is 4.98 Å². The zero-order valence-electron chi connectivity index (χ0n) is 11.6. The van der Waals surface area contributed by atoms with Crippen molar-refractivity contribution in [3.8, 4) is 11.6 Å². The molecule has 7 heteroatoms. The lowest BCUT2D eigenvalue weighted by molar-refractivity contribution is 0.0410. The van der Waals surface area contributed by atoms with Crippen LogP contribution < -0.4 is 5.73 Å². The van der Waals surface area contributed by atoms with Gasteiger partial charge in [0.1, 0.15) is 11.2 Å². The molecule has 0 amide bonds. The number of hydrogen-bond donors (Lipinski definition) is 1. The Morgan fingerprint density at radius 3 is 2.84 bits per heavy atom. The fraction of sp³-hybridized carbons (Fsp3) is 0.583. The van der Waals surface area contributed by atoms with Crippen LogP contribution in [0.3, 0.4) is 0 Å². The summed E-state index contributed by atoms with van der Waals surface area (Å²) in [5.74, 6) is 0.820. The number of nitrogens with zero attached hydrogens (tertiary/aromatic N) is 4. The van der Waals surface area contributed by atoms with Gasteiger partial charge < -0.3 is 19.6 Å². The smallest absolute Gasteiger partial charge is 0.276 e. The van der Waals surface area contributed by atoms with Crippen molar-refractivity contribution in [1.29, 1.82) is 0 Å². The molecular formula is C12H19N5O2. The van der Waals surface area contributed by atoms with Crippen molar-refractivity contribution in [1.82, 2.24) is 19.7 Å². The summed E-state index contributed by atoms with van der Waals surface area (Å²) >= 11 is 0. The predicted octanol–water partition coefficient (Wildman–Crippen LogP) is 1.07. The highest BCUT2D eigenvalue weighted by Crippen LogP contribution is 2.21. The van der Waals surface area contributed by atoms with Gasteiger partial charge in [0.2, 0.25) is 0 Å². The summed E-state index contributed by atoms with van der Waals surface area (Å²) in [5, 5.41) is 3.93. The highest BCUT2D eigenvalue weighted by atomic mass is 16.5. The van der Waals surface area contributed by atoms with Crippen LogP contribution in [0.5, 0.6) is 0 Å². The Balaban J connectivity index is 2.19. The fourth-order valence-corrected chi connectivity index (χ4v) is 1.53. The molecule has 0 saturated carbocycles. The molecule has 2 rings (SSSR count). The number of hydrogen-bond acceptors (Lipinski definition) is 6. The second-order valence-corrected chi connectivity index (χ2v) is 5.09. The molecule has 104 valence electrons. The highest BCUT2D eigenvalue weighted by molar-refractivity contribution is 5.45. The van der Waals surface area contributed by atoms with Gasteiger partial charge in [0.05, 0.1) is 25.2 Å². The van der Waals surface area contributed by atoms with Gasteiger partial charge in [0.25, 0.3) is 5.89 Å². The first kappa shape index (κ1) is 13.7. The molecule has 0 saturated heterocycles. The van der Waals surface area contributed by atoms with Crippen LogP contribution in [-0.2, 0) is 17.3 Å². The van der Waals surface area contributed by atoms with Crippen molar-refractivity contribution < 1.29 is 9.26 Å². The summed E-state index contributed by atoms with van der Waals surface area (Å²) in [4.78, 5) is 8.33. The van der Waals surface area contributed by atoms with Gasteiger partial charge in [-0.2, -0.15) is 4.98 Å². The summed E-state index contributed by atoms with van der Waals surface area (Å²) in [7, 11) is 1.86. The average molecular weight is 265 g/mol. The van der Waals surface area contributed by atoms with Crippen LogP contribution in [0.25, 0.3) is 11.6 Å². The zero-order chi connectivity index (χ0) is 14.0. The van der Waals surface area contributed by atoms with Crippen LogP contribution in [0.1, 0.15) is 26.6 Å². The lowest BCUT2D eigenvalue weighted by atomic mass is 10.1. The molecule has 2 aromatic rings. The minimum Gasteiger partial charge on any atom is -0.376 e. The molecule has 2 aromatic heterocycles. The molecule has 1 unspecified atom stereocenters. The summed E-state index contributed by atoms with van der Waals surface area (Å²) in [6.45, 7) is 6.04. The first-order valence-electron chi connectivity index (χ1n) is 6.11. The van der Waals surface area contributed by atoms with E-state index in [-0.39, 0.29) is 6.10 Å². The maximum atomic E-state index is 6.16. The molecule has 0 bridgehead atoms. The number of aryl methyl sites for hydroxylation is 1. The minimum absolute atomic E-state index is 0.103. The van der Waals surface area contributed by atoms with Gasteiger partial charge in [-0.1, -0.05) is 5.16 Å². The van der Waals surface area contributed by atoms with Gasteiger partial charge in [0, 0.05) is 7.05 Å². The molecule has 7 nitrogen and oxygen atoms in total. The molecule has 2 heterocycles. The second kappa shape index (κ2) is 5.10. The molecule has 0 aliphatic heterocycles. The standard InChI is InChI=1S/C12H19N5O2/c1-8(2)18-6-12(3,13)11-15-10(19-16-11)9-5-14-7-17(9)4/h5,7-8H,6,13H2,1-4H3. The molecule has 2 N–H and O–H groups in total. The molecule has 0 radical (unpaired) electrons. The van der Waals surface area contributed by atoms with Crippen LogP contribution in [0.2, 0.25) is 0 Å². The first-order chi connectivity index (χ1) is 8.90. The number of ether oxygens (including phenoxy) is 1. The highest BCUT2D eigenvalue weighted by Gasteiger charge is 2.29. The van der Waals surface area contributed by atoms with E-state index in [4.69, 9.17) is 15.0 Å². The van der Waals surface area contributed by atoms with E-state index in [0.717, 1.165) is 5.69 Å². The van der Waals surface area contributed by atoms with Crippen LogP contribution in [-0.4, -0.2) is 32.4 Å². The normalized spacial score (nSPS) is 14.8. The van der Waals surface area contributed by atoms with E-state index in [1.54, 1.807) is 17.1 Å². The Bertz CT molecular complexity index is 544. The van der Waals surface area contributed by atoms with E-state index >= 15 is 0 Å². The van der Waals surface area contributed by atoms with E-state index in [1.165, 1.54) is 0 Å². The van der Waals surface area contributed by atoms with Crippen molar-refractivity contribution in [2.45, 2.75) is 32.4 Å². The largest absolute Gasteiger partial charge is 0.376 e. The van der Waals surface area contributed by atoms with Crippen molar-refractivity contribution in [3.05, 3.63) is 18.3 Å². The Morgan fingerprint density at radius 2 is 2.26 bits per heavy atom. The van der Waals surface area contributed by atoms with Crippen LogP contribution in [0, 0.1) is 0 Å².